The van der Waals surface area contributed by atoms with Crippen LogP contribution in [0.4, 0.5) is 0 Å². The van der Waals surface area contributed by atoms with Gasteiger partial charge in [0.2, 0.25) is 0 Å². The van der Waals surface area contributed by atoms with Gasteiger partial charge in [-0.05, 0) is 0 Å². The number of rotatable bonds is 12. The summed E-state index contributed by atoms with van der Waals surface area (Å²) in [7, 11) is -11.1. The van der Waals surface area contributed by atoms with Crippen LogP contribution < -0.4 is 63.7 Å². The van der Waals surface area contributed by atoms with E-state index in [-0.39, 0.29) is 16.8 Å². The monoisotopic (exact) mass is 1170 g/mol. The molecule has 12 aromatic carbocycles. The molecule has 0 aliphatic rings. The summed E-state index contributed by atoms with van der Waals surface area (Å²) in [6, 6.07) is 117. The standard InChI is InChI=1S/4C18H15OP.Co/c4*19-20(16-10-4-1-5-11-16,17-12-6-2-7-13-17)18-14-8-3-9-15-18;/h4*1-15H;. The van der Waals surface area contributed by atoms with E-state index in [0.29, 0.717) is 0 Å². The first-order valence-electron chi connectivity index (χ1n) is 26.3. The Bertz CT molecular complexity index is 3010. The van der Waals surface area contributed by atoms with Gasteiger partial charge in [0.15, 0.2) is 28.6 Å². The molecule has 0 unspecified atom stereocenters. The maximum absolute atomic E-state index is 13.8. The average Bonchev–Trinajstić information content (AvgIpc) is 3.63. The SMILES string of the molecule is O=P(c1ccccc1)(c1ccccc1)c1ccccc1.O=P(c1ccccc1)(c1ccccc1)c1ccccc1.O=P(c1ccccc1)(c1ccccc1)c1ccccc1.O=P(c1ccccc1)(c1ccccc1)c1ccccc1.[Co]. The molecular weight excluding hydrogens is 1110 g/mol. The third-order valence-corrected chi connectivity index (χ3v) is 25.7. The summed E-state index contributed by atoms with van der Waals surface area (Å²) in [6.45, 7) is 0. The van der Waals surface area contributed by atoms with Crippen LogP contribution in [-0.2, 0) is 35.0 Å². The summed E-state index contributed by atoms with van der Waals surface area (Å²) in [5, 5.41) is 10.5. The average molecular weight is 1170 g/mol. The maximum atomic E-state index is 13.8. The summed E-state index contributed by atoms with van der Waals surface area (Å²) in [6.07, 6.45) is 0. The summed E-state index contributed by atoms with van der Waals surface area (Å²) in [5.41, 5.74) is 0. The predicted molar refractivity (Wildman–Crippen MR) is 343 cm³/mol. The van der Waals surface area contributed by atoms with Crippen molar-refractivity contribution in [3.05, 3.63) is 364 Å². The molecule has 0 saturated carbocycles. The van der Waals surface area contributed by atoms with Crippen molar-refractivity contribution >= 4 is 92.2 Å². The van der Waals surface area contributed by atoms with Crippen LogP contribution in [0.2, 0.25) is 0 Å². The van der Waals surface area contributed by atoms with E-state index in [1.807, 2.05) is 364 Å². The third-order valence-electron chi connectivity index (χ3n) is 13.4. The zero-order valence-corrected chi connectivity index (χ0v) is 49.0. The second kappa shape index (κ2) is 29.0. The van der Waals surface area contributed by atoms with Crippen molar-refractivity contribution in [3.63, 3.8) is 0 Å². The van der Waals surface area contributed by atoms with Gasteiger partial charge < -0.3 is 18.3 Å². The molecule has 81 heavy (non-hydrogen) atoms. The molecule has 0 aromatic heterocycles. The predicted octanol–water partition coefficient (Wildman–Crippen LogP) is 13.3. The van der Waals surface area contributed by atoms with E-state index in [0.717, 1.165) is 63.7 Å². The van der Waals surface area contributed by atoms with E-state index in [2.05, 4.69) is 0 Å². The molecule has 0 spiro atoms. The third kappa shape index (κ3) is 13.8. The molecule has 1 radical (unpaired) electrons. The van der Waals surface area contributed by atoms with Crippen LogP contribution in [-0.4, -0.2) is 0 Å². The van der Waals surface area contributed by atoms with Gasteiger partial charge in [-0.2, -0.15) is 0 Å². The molecule has 0 amide bonds. The van der Waals surface area contributed by atoms with Gasteiger partial charge in [-0.15, -0.1) is 0 Å². The minimum absolute atomic E-state index is 0. The van der Waals surface area contributed by atoms with E-state index in [1.54, 1.807) is 0 Å². The molecule has 12 aromatic rings. The first-order valence-corrected chi connectivity index (χ1v) is 33.2. The molecule has 9 heteroatoms. The minimum atomic E-state index is -2.78. The normalized spacial score (nSPS) is 11.1. The van der Waals surface area contributed by atoms with Gasteiger partial charge in [-0.3, -0.25) is 0 Å². The Kier molecular flexibility index (Phi) is 21.2. The van der Waals surface area contributed by atoms with Gasteiger partial charge in [-0.25, -0.2) is 0 Å². The smallest absolute Gasteiger partial charge is 0.171 e. The maximum Gasteiger partial charge on any atom is 0.171 e. The second-order valence-corrected chi connectivity index (χ2v) is 29.5. The molecule has 4 nitrogen and oxygen atoms in total. The van der Waals surface area contributed by atoms with Crippen molar-refractivity contribution in [1.29, 1.82) is 0 Å². The van der Waals surface area contributed by atoms with Crippen LogP contribution in [0.25, 0.3) is 0 Å². The molecule has 0 aliphatic carbocycles. The molecule has 0 atom stereocenters. The molecule has 0 saturated heterocycles. The van der Waals surface area contributed by atoms with Crippen LogP contribution in [0.15, 0.2) is 364 Å². The molecule has 0 N–H and O–H groups in total. The number of hydrogen-bond acceptors (Lipinski definition) is 4. The Morgan fingerprint density at radius 1 is 0.123 bits per heavy atom. The van der Waals surface area contributed by atoms with Gasteiger partial charge in [0.25, 0.3) is 0 Å². The molecule has 401 valence electrons. The van der Waals surface area contributed by atoms with Crippen LogP contribution >= 0.6 is 28.6 Å². The minimum Gasteiger partial charge on any atom is -0.309 e. The Morgan fingerprint density at radius 2 is 0.185 bits per heavy atom. The fourth-order valence-electron chi connectivity index (χ4n) is 9.44. The Hall–Kier alpha value is -7.93. The van der Waals surface area contributed by atoms with E-state index in [9.17, 15) is 18.3 Å². The quantitative estimate of drug-likeness (QED) is 0.114. The molecule has 0 fully saturated rings. The zero-order valence-electron chi connectivity index (χ0n) is 44.4. The summed E-state index contributed by atoms with van der Waals surface area (Å²) >= 11 is 0. The molecule has 0 aliphatic heterocycles. The van der Waals surface area contributed by atoms with Crippen molar-refractivity contribution in [1.82, 2.24) is 0 Å². The fourth-order valence-corrected chi connectivity index (χ4v) is 20.1. The van der Waals surface area contributed by atoms with E-state index < -0.39 is 28.6 Å². The van der Waals surface area contributed by atoms with Crippen molar-refractivity contribution in [3.8, 4) is 0 Å². The van der Waals surface area contributed by atoms with Gasteiger partial charge in [0.05, 0.1) is 0 Å². The topological polar surface area (TPSA) is 68.3 Å². The van der Waals surface area contributed by atoms with Crippen LogP contribution in [0.1, 0.15) is 0 Å². The van der Waals surface area contributed by atoms with Crippen LogP contribution in [0.3, 0.4) is 0 Å². The molecule has 0 heterocycles. The van der Waals surface area contributed by atoms with Gasteiger partial charge in [0, 0.05) is 80.4 Å². The largest absolute Gasteiger partial charge is 0.309 e. The summed E-state index contributed by atoms with van der Waals surface area (Å²) in [4.78, 5) is 0. The van der Waals surface area contributed by atoms with E-state index >= 15 is 0 Å². The first-order chi connectivity index (χ1) is 39.3. The van der Waals surface area contributed by atoms with Crippen LogP contribution in [0, 0.1) is 0 Å². The van der Waals surface area contributed by atoms with Gasteiger partial charge in [-0.1, -0.05) is 364 Å². The Morgan fingerprint density at radius 3 is 0.247 bits per heavy atom. The first kappa shape index (κ1) is 59.2. The van der Waals surface area contributed by atoms with Gasteiger partial charge in [0.1, 0.15) is 0 Å². The second-order valence-electron chi connectivity index (χ2n) is 18.5. The fraction of sp³-hybridized carbons (Fsp3) is 0. The molecule has 12 rings (SSSR count). The Balaban J connectivity index is 0.000000141. The molecular formula is C72H60CoO4P4. The zero-order chi connectivity index (χ0) is 55.4. The molecule has 0 bridgehead atoms. The van der Waals surface area contributed by atoms with Gasteiger partial charge >= 0.3 is 0 Å². The summed E-state index contributed by atoms with van der Waals surface area (Å²) < 4.78 is 55.3. The van der Waals surface area contributed by atoms with E-state index in [1.165, 1.54) is 0 Å². The summed E-state index contributed by atoms with van der Waals surface area (Å²) in [5.74, 6) is 0. The Labute approximate surface area is 488 Å². The van der Waals surface area contributed by atoms with E-state index in [4.69, 9.17) is 0 Å². The number of benzene rings is 12. The van der Waals surface area contributed by atoms with Crippen molar-refractivity contribution in [2.45, 2.75) is 0 Å². The van der Waals surface area contributed by atoms with Crippen molar-refractivity contribution in [2.24, 2.45) is 0 Å². The van der Waals surface area contributed by atoms with Crippen LogP contribution in [0.5, 0.6) is 0 Å². The van der Waals surface area contributed by atoms with Crippen molar-refractivity contribution < 1.29 is 35.0 Å². The van der Waals surface area contributed by atoms with Crippen molar-refractivity contribution in [2.75, 3.05) is 0 Å². The number of hydrogen-bond donors (Lipinski definition) is 0.